The minimum absolute atomic E-state index is 0.472. The average Bonchev–Trinajstić information content (AvgIpc) is 2.12. The molecule has 0 aromatic heterocycles. The molecule has 0 spiro atoms. The van der Waals surface area contributed by atoms with Crippen molar-refractivity contribution in [2.45, 2.75) is 4.90 Å². The summed E-state index contributed by atoms with van der Waals surface area (Å²) in [5.74, 6) is -0.157. The molecule has 0 amide bonds. The highest BCUT2D eigenvalue weighted by Crippen LogP contribution is 2.19. The standard InChI is InChI=1S/C6H5F3N2O2S/c7-3-1-2-4(8)6(5(3)9)14(12,13)11-10/h1-2,11H,10H2. The fourth-order valence-corrected chi connectivity index (χ4v) is 1.59. The molecule has 0 bridgehead atoms. The quantitative estimate of drug-likeness (QED) is 0.431. The molecule has 0 radical (unpaired) electrons. The van der Waals surface area contributed by atoms with Crippen LogP contribution < -0.4 is 10.7 Å². The Labute approximate surface area is 77.5 Å². The van der Waals surface area contributed by atoms with Gasteiger partial charge in [-0.25, -0.2) is 21.6 Å². The molecule has 1 aromatic carbocycles. The second kappa shape index (κ2) is 3.56. The number of sulfonamides is 1. The van der Waals surface area contributed by atoms with Crippen LogP contribution in [0.5, 0.6) is 0 Å². The van der Waals surface area contributed by atoms with Gasteiger partial charge in [0.1, 0.15) is 5.82 Å². The van der Waals surface area contributed by atoms with Crippen LogP contribution in [0.1, 0.15) is 0 Å². The lowest BCUT2D eigenvalue weighted by Crippen LogP contribution is -2.31. The summed E-state index contributed by atoms with van der Waals surface area (Å²) in [6.07, 6.45) is 0. The number of hydrogen-bond acceptors (Lipinski definition) is 3. The van der Waals surface area contributed by atoms with Crippen molar-refractivity contribution in [3.63, 3.8) is 0 Å². The maximum Gasteiger partial charge on any atom is 0.259 e. The summed E-state index contributed by atoms with van der Waals surface area (Å²) >= 11 is 0. The predicted molar refractivity (Wildman–Crippen MR) is 40.8 cm³/mol. The van der Waals surface area contributed by atoms with Gasteiger partial charge < -0.3 is 0 Å². The van der Waals surface area contributed by atoms with E-state index in [1.54, 1.807) is 0 Å². The summed E-state index contributed by atoms with van der Waals surface area (Å²) in [6.45, 7) is 0. The summed E-state index contributed by atoms with van der Waals surface area (Å²) in [5, 5.41) is 0. The summed E-state index contributed by atoms with van der Waals surface area (Å²) in [7, 11) is -4.54. The van der Waals surface area contributed by atoms with Gasteiger partial charge in [-0.3, -0.25) is 5.84 Å². The number of hydrogen-bond donors (Lipinski definition) is 2. The first-order chi connectivity index (χ1) is 6.40. The molecule has 0 aliphatic heterocycles. The molecule has 0 unspecified atom stereocenters. The topological polar surface area (TPSA) is 72.2 Å². The van der Waals surface area contributed by atoms with Gasteiger partial charge >= 0.3 is 0 Å². The molecule has 0 saturated carbocycles. The number of rotatable bonds is 2. The molecule has 1 rings (SSSR count). The molecule has 0 aliphatic carbocycles. The van der Waals surface area contributed by atoms with Gasteiger partial charge in [-0.05, 0) is 12.1 Å². The molecule has 0 heterocycles. The Morgan fingerprint density at radius 3 is 2.14 bits per heavy atom. The maximum absolute atomic E-state index is 12.9. The molecule has 1 aromatic rings. The fraction of sp³-hybridized carbons (Fsp3) is 0. The van der Waals surface area contributed by atoms with Crippen LogP contribution in [-0.4, -0.2) is 8.42 Å². The van der Waals surface area contributed by atoms with E-state index in [1.165, 1.54) is 4.83 Å². The monoisotopic (exact) mass is 226 g/mol. The van der Waals surface area contributed by atoms with Gasteiger partial charge in [-0.1, -0.05) is 0 Å². The third-order valence-electron chi connectivity index (χ3n) is 1.43. The van der Waals surface area contributed by atoms with E-state index in [9.17, 15) is 21.6 Å². The van der Waals surface area contributed by atoms with Gasteiger partial charge in [0.2, 0.25) is 0 Å². The molecule has 0 atom stereocenters. The lowest BCUT2D eigenvalue weighted by atomic mass is 10.3. The van der Waals surface area contributed by atoms with Crippen molar-refractivity contribution >= 4 is 10.0 Å². The van der Waals surface area contributed by atoms with E-state index in [4.69, 9.17) is 0 Å². The van der Waals surface area contributed by atoms with Gasteiger partial charge in [0.25, 0.3) is 10.0 Å². The second-order valence-electron chi connectivity index (χ2n) is 2.29. The van der Waals surface area contributed by atoms with E-state index in [0.29, 0.717) is 12.1 Å². The van der Waals surface area contributed by atoms with Crippen LogP contribution in [-0.2, 0) is 10.0 Å². The number of hydrazine groups is 1. The van der Waals surface area contributed by atoms with E-state index < -0.39 is 32.4 Å². The summed E-state index contributed by atoms with van der Waals surface area (Å²) in [5.41, 5.74) is 0. The highest BCUT2D eigenvalue weighted by molar-refractivity contribution is 7.89. The van der Waals surface area contributed by atoms with E-state index >= 15 is 0 Å². The SMILES string of the molecule is NNS(=O)(=O)c1c(F)ccc(F)c1F. The predicted octanol–water partition coefficient (Wildman–Crippen LogP) is 0.256. The summed E-state index contributed by atoms with van der Waals surface area (Å²) < 4.78 is 60.1. The van der Waals surface area contributed by atoms with Gasteiger partial charge in [-0.2, -0.15) is 0 Å². The van der Waals surface area contributed by atoms with E-state index in [0.717, 1.165) is 0 Å². The van der Waals surface area contributed by atoms with Crippen molar-refractivity contribution in [3.05, 3.63) is 29.6 Å². The van der Waals surface area contributed by atoms with Gasteiger partial charge in [0.15, 0.2) is 16.5 Å². The van der Waals surface area contributed by atoms with Crippen molar-refractivity contribution in [3.8, 4) is 0 Å². The Morgan fingerprint density at radius 1 is 1.14 bits per heavy atom. The second-order valence-corrected chi connectivity index (χ2v) is 3.94. The van der Waals surface area contributed by atoms with Crippen molar-refractivity contribution in [1.29, 1.82) is 0 Å². The van der Waals surface area contributed by atoms with Gasteiger partial charge in [0.05, 0.1) is 0 Å². The Morgan fingerprint density at radius 2 is 1.64 bits per heavy atom. The van der Waals surface area contributed by atoms with E-state index in [2.05, 4.69) is 5.84 Å². The molecular formula is C6H5F3N2O2S. The lowest BCUT2D eigenvalue weighted by molar-refractivity contribution is 0.457. The molecule has 8 heteroatoms. The third-order valence-corrected chi connectivity index (χ3v) is 2.65. The number of nitrogens with two attached hydrogens (primary N) is 1. The Kier molecular flexibility index (Phi) is 2.79. The first-order valence-electron chi connectivity index (χ1n) is 3.26. The van der Waals surface area contributed by atoms with Crippen LogP contribution in [0, 0.1) is 17.5 Å². The molecule has 0 saturated heterocycles. The molecule has 78 valence electrons. The highest BCUT2D eigenvalue weighted by atomic mass is 32.2. The van der Waals surface area contributed by atoms with Gasteiger partial charge in [0, 0.05) is 0 Å². The van der Waals surface area contributed by atoms with Crippen molar-refractivity contribution < 1.29 is 21.6 Å². The molecule has 3 N–H and O–H groups in total. The highest BCUT2D eigenvalue weighted by Gasteiger charge is 2.25. The van der Waals surface area contributed by atoms with Crippen LogP contribution >= 0.6 is 0 Å². The zero-order valence-electron chi connectivity index (χ0n) is 6.59. The van der Waals surface area contributed by atoms with E-state index in [1.807, 2.05) is 0 Å². The zero-order chi connectivity index (χ0) is 10.9. The molecule has 0 fully saturated rings. The first-order valence-corrected chi connectivity index (χ1v) is 4.74. The lowest BCUT2D eigenvalue weighted by Gasteiger charge is -2.04. The normalized spacial score (nSPS) is 11.7. The zero-order valence-corrected chi connectivity index (χ0v) is 7.41. The smallest absolute Gasteiger partial charge is 0.257 e. The largest absolute Gasteiger partial charge is 0.259 e. The minimum atomic E-state index is -4.54. The Balaban J connectivity index is 3.56. The summed E-state index contributed by atoms with van der Waals surface area (Å²) in [6, 6.07) is 0.961. The van der Waals surface area contributed by atoms with Crippen LogP contribution in [0.2, 0.25) is 0 Å². The molecule has 0 aliphatic rings. The molecular weight excluding hydrogens is 221 g/mol. The number of benzene rings is 1. The van der Waals surface area contributed by atoms with Crippen LogP contribution in [0.4, 0.5) is 13.2 Å². The average molecular weight is 226 g/mol. The molecule has 4 nitrogen and oxygen atoms in total. The third kappa shape index (κ3) is 1.72. The van der Waals surface area contributed by atoms with Gasteiger partial charge in [-0.15, -0.1) is 4.83 Å². The van der Waals surface area contributed by atoms with Crippen molar-refractivity contribution in [2.24, 2.45) is 5.84 Å². The fourth-order valence-electron chi connectivity index (χ4n) is 0.814. The van der Waals surface area contributed by atoms with E-state index in [-0.39, 0.29) is 0 Å². The Hall–Kier alpha value is -1.12. The van der Waals surface area contributed by atoms with Crippen LogP contribution in [0.15, 0.2) is 17.0 Å². The summed E-state index contributed by atoms with van der Waals surface area (Å²) in [4.78, 5) is -0.239. The molecule has 14 heavy (non-hydrogen) atoms. The van der Waals surface area contributed by atoms with Crippen LogP contribution in [0.3, 0.4) is 0 Å². The van der Waals surface area contributed by atoms with Crippen LogP contribution in [0.25, 0.3) is 0 Å². The minimum Gasteiger partial charge on any atom is -0.257 e. The maximum atomic E-state index is 12.9. The van der Waals surface area contributed by atoms with Crippen molar-refractivity contribution in [1.82, 2.24) is 4.83 Å². The number of halogens is 3. The van der Waals surface area contributed by atoms with Crippen molar-refractivity contribution in [2.75, 3.05) is 0 Å². The first kappa shape index (κ1) is 11.0. The Bertz CT molecular complexity index is 460. The number of nitrogens with one attached hydrogen (secondary N) is 1.